The van der Waals surface area contributed by atoms with Gasteiger partial charge in [-0.15, -0.1) is 0 Å². The van der Waals surface area contributed by atoms with Gasteiger partial charge in [0.15, 0.2) is 11.5 Å². The number of fused-ring (bicyclic) bond motifs is 1. The van der Waals surface area contributed by atoms with Gasteiger partial charge in [-0.1, -0.05) is 19.1 Å². The number of benzene rings is 2. The van der Waals surface area contributed by atoms with E-state index in [-0.39, 0.29) is 17.7 Å². The molecule has 1 aromatic heterocycles. The number of methoxy groups -OCH3 is 2. The Kier molecular flexibility index (Phi) is 5.35. The van der Waals surface area contributed by atoms with Gasteiger partial charge in [0.1, 0.15) is 17.1 Å². The monoisotopic (exact) mass is 421 g/mol. The van der Waals surface area contributed by atoms with Crippen molar-refractivity contribution in [3.05, 3.63) is 58.3 Å². The van der Waals surface area contributed by atoms with Crippen LogP contribution >= 0.6 is 0 Å². The van der Waals surface area contributed by atoms with Crippen molar-refractivity contribution in [2.75, 3.05) is 20.8 Å². The van der Waals surface area contributed by atoms with E-state index in [1.807, 2.05) is 56.0 Å². The zero-order chi connectivity index (χ0) is 22.3. The standard InChI is InChI=1S/C24H27N3O4/c1-6-9-27-22(15-7-8-17(30-4)18(12-15)31-5)19-20(25-26-21(19)24(27)29)16-11-13(2)10-14(3)23(16)28/h7-8,10-12,22,28H,6,9H2,1-5H3,(H,25,26). The molecule has 0 saturated carbocycles. The molecule has 1 unspecified atom stereocenters. The van der Waals surface area contributed by atoms with E-state index in [0.29, 0.717) is 35.0 Å². The van der Waals surface area contributed by atoms with E-state index < -0.39 is 0 Å². The summed E-state index contributed by atoms with van der Waals surface area (Å²) >= 11 is 0. The number of aromatic nitrogens is 2. The third-order valence-electron chi connectivity index (χ3n) is 5.75. The highest BCUT2D eigenvalue weighted by Crippen LogP contribution is 2.46. The first kappa shape index (κ1) is 20.8. The van der Waals surface area contributed by atoms with Gasteiger partial charge < -0.3 is 19.5 Å². The Morgan fingerprint density at radius 2 is 1.87 bits per heavy atom. The van der Waals surface area contributed by atoms with E-state index in [1.54, 1.807) is 14.2 Å². The summed E-state index contributed by atoms with van der Waals surface area (Å²) < 4.78 is 10.9. The lowest BCUT2D eigenvalue weighted by Gasteiger charge is -2.26. The molecule has 0 fully saturated rings. The first-order valence-corrected chi connectivity index (χ1v) is 10.3. The SMILES string of the molecule is CCCN1C(=O)c2[nH]nc(-c3cc(C)cc(C)c3O)c2C1c1ccc(OC)c(OC)c1. The lowest BCUT2D eigenvalue weighted by Crippen LogP contribution is -2.30. The molecule has 3 aromatic rings. The number of carbonyl (C=O) groups is 1. The maximum Gasteiger partial charge on any atom is 0.273 e. The number of nitrogens with one attached hydrogen (secondary N) is 1. The van der Waals surface area contributed by atoms with Crippen LogP contribution in [0.4, 0.5) is 0 Å². The third kappa shape index (κ3) is 3.30. The fraction of sp³-hybridized carbons (Fsp3) is 0.333. The van der Waals surface area contributed by atoms with E-state index >= 15 is 0 Å². The molecule has 4 rings (SSSR count). The number of carbonyl (C=O) groups excluding carboxylic acids is 1. The number of H-pyrrole nitrogens is 1. The summed E-state index contributed by atoms with van der Waals surface area (Å²) in [6.45, 7) is 6.47. The van der Waals surface area contributed by atoms with Gasteiger partial charge in [0.05, 0.1) is 20.3 Å². The maximum atomic E-state index is 13.2. The Balaban J connectivity index is 1.94. The minimum Gasteiger partial charge on any atom is -0.507 e. The predicted molar refractivity (Wildman–Crippen MR) is 118 cm³/mol. The van der Waals surface area contributed by atoms with Crippen LogP contribution in [0.5, 0.6) is 17.2 Å². The van der Waals surface area contributed by atoms with Gasteiger partial charge in [-0.3, -0.25) is 9.89 Å². The van der Waals surface area contributed by atoms with Gasteiger partial charge in [-0.2, -0.15) is 5.10 Å². The Morgan fingerprint density at radius 1 is 1.13 bits per heavy atom. The fourth-order valence-electron chi connectivity index (χ4n) is 4.38. The number of aromatic hydroxyl groups is 1. The van der Waals surface area contributed by atoms with E-state index in [9.17, 15) is 9.90 Å². The number of ether oxygens (including phenoxy) is 2. The largest absolute Gasteiger partial charge is 0.507 e. The van der Waals surface area contributed by atoms with Crippen molar-refractivity contribution in [2.24, 2.45) is 0 Å². The second kappa shape index (κ2) is 7.98. The van der Waals surface area contributed by atoms with Crippen LogP contribution in [0.1, 0.15) is 52.1 Å². The lowest BCUT2D eigenvalue weighted by molar-refractivity contribution is 0.0743. The molecule has 2 aromatic carbocycles. The lowest BCUT2D eigenvalue weighted by atomic mass is 9.94. The zero-order valence-corrected chi connectivity index (χ0v) is 18.4. The molecule has 31 heavy (non-hydrogen) atoms. The number of rotatable bonds is 6. The van der Waals surface area contributed by atoms with Crippen LogP contribution in [0, 0.1) is 13.8 Å². The molecule has 7 heteroatoms. The van der Waals surface area contributed by atoms with Crippen molar-refractivity contribution < 1.29 is 19.4 Å². The number of phenolic OH excluding ortho intramolecular Hbond substituents is 1. The molecule has 162 valence electrons. The number of hydrogen-bond acceptors (Lipinski definition) is 5. The molecule has 0 aliphatic carbocycles. The Hall–Kier alpha value is -3.48. The van der Waals surface area contributed by atoms with Crippen LogP contribution in [0.15, 0.2) is 30.3 Å². The molecule has 2 heterocycles. The summed E-state index contributed by atoms with van der Waals surface area (Å²) in [5, 5.41) is 18.2. The Labute approximate surface area is 181 Å². The number of aromatic amines is 1. The second-order valence-electron chi connectivity index (χ2n) is 7.85. The summed E-state index contributed by atoms with van der Waals surface area (Å²) in [5.74, 6) is 1.29. The predicted octanol–water partition coefficient (Wildman–Crippen LogP) is 4.37. The van der Waals surface area contributed by atoms with E-state index in [1.165, 1.54) is 0 Å². The molecule has 1 aliphatic rings. The van der Waals surface area contributed by atoms with Gasteiger partial charge in [-0.05, 0) is 55.2 Å². The molecule has 0 bridgehead atoms. The van der Waals surface area contributed by atoms with E-state index in [4.69, 9.17) is 9.47 Å². The van der Waals surface area contributed by atoms with Crippen LogP contribution in [0.25, 0.3) is 11.3 Å². The van der Waals surface area contributed by atoms with Crippen molar-refractivity contribution >= 4 is 5.91 Å². The quantitative estimate of drug-likeness (QED) is 0.617. The summed E-state index contributed by atoms with van der Waals surface area (Å²) in [6.07, 6.45) is 0.817. The summed E-state index contributed by atoms with van der Waals surface area (Å²) in [5.41, 5.74) is 5.11. The third-order valence-corrected chi connectivity index (χ3v) is 5.75. The maximum absolute atomic E-state index is 13.2. The number of hydrogen-bond donors (Lipinski definition) is 2. The average molecular weight is 421 g/mol. The minimum atomic E-state index is -0.351. The van der Waals surface area contributed by atoms with E-state index in [2.05, 4.69) is 10.2 Å². The fourth-order valence-corrected chi connectivity index (χ4v) is 4.38. The van der Waals surface area contributed by atoms with Crippen molar-refractivity contribution in [3.63, 3.8) is 0 Å². The highest BCUT2D eigenvalue weighted by atomic mass is 16.5. The highest BCUT2D eigenvalue weighted by Gasteiger charge is 2.42. The Morgan fingerprint density at radius 3 is 2.55 bits per heavy atom. The topological polar surface area (TPSA) is 87.7 Å². The molecule has 2 N–H and O–H groups in total. The molecule has 0 saturated heterocycles. The second-order valence-corrected chi connectivity index (χ2v) is 7.85. The molecule has 1 amide bonds. The van der Waals surface area contributed by atoms with Crippen molar-refractivity contribution in [3.8, 4) is 28.5 Å². The van der Waals surface area contributed by atoms with Gasteiger partial charge in [-0.25, -0.2) is 0 Å². The first-order valence-electron chi connectivity index (χ1n) is 10.3. The number of nitrogens with zero attached hydrogens (tertiary/aromatic N) is 2. The van der Waals surface area contributed by atoms with Crippen molar-refractivity contribution in [1.29, 1.82) is 0 Å². The van der Waals surface area contributed by atoms with Crippen LogP contribution in [-0.4, -0.2) is 46.9 Å². The van der Waals surface area contributed by atoms with E-state index in [0.717, 1.165) is 28.7 Å². The minimum absolute atomic E-state index is 0.0979. The molecule has 7 nitrogen and oxygen atoms in total. The molecular weight excluding hydrogens is 394 g/mol. The molecule has 0 radical (unpaired) electrons. The zero-order valence-electron chi connectivity index (χ0n) is 18.4. The van der Waals surface area contributed by atoms with Crippen LogP contribution in [-0.2, 0) is 0 Å². The molecular formula is C24H27N3O4. The average Bonchev–Trinajstić information content (AvgIpc) is 3.30. The molecule has 0 spiro atoms. The normalized spacial score (nSPS) is 15.3. The number of phenols is 1. The van der Waals surface area contributed by atoms with Crippen molar-refractivity contribution in [2.45, 2.75) is 33.2 Å². The smallest absolute Gasteiger partial charge is 0.273 e. The Bertz CT molecular complexity index is 1150. The first-order chi connectivity index (χ1) is 14.9. The summed E-state index contributed by atoms with van der Waals surface area (Å²) in [6, 6.07) is 9.15. The summed E-state index contributed by atoms with van der Waals surface area (Å²) in [4.78, 5) is 15.1. The molecule has 1 aliphatic heterocycles. The highest BCUT2D eigenvalue weighted by molar-refractivity contribution is 6.00. The van der Waals surface area contributed by atoms with Gasteiger partial charge in [0.25, 0.3) is 5.91 Å². The van der Waals surface area contributed by atoms with Crippen LogP contribution in [0.2, 0.25) is 0 Å². The van der Waals surface area contributed by atoms with Crippen LogP contribution < -0.4 is 9.47 Å². The number of aryl methyl sites for hydroxylation is 2. The van der Waals surface area contributed by atoms with Gasteiger partial charge >= 0.3 is 0 Å². The molecule has 1 atom stereocenters. The van der Waals surface area contributed by atoms with Gasteiger partial charge in [0, 0.05) is 17.7 Å². The van der Waals surface area contributed by atoms with Gasteiger partial charge in [0.2, 0.25) is 0 Å². The van der Waals surface area contributed by atoms with Crippen LogP contribution in [0.3, 0.4) is 0 Å². The number of amides is 1. The van der Waals surface area contributed by atoms with Crippen molar-refractivity contribution in [1.82, 2.24) is 15.1 Å². The summed E-state index contributed by atoms with van der Waals surface area (Å²) in [7, 11) is 3.18.